The van der Waals surface area contributed by atoms with Crippen LogP contribution < -0.4 is 10.2 Å². The molecule has 0 bridgehead atoms. The van der Waals surface area contributed by atoms with Crippen molar-refractivity contribution >= 4 is 35.1 Å². The highest BCUT2D eigenvalue weighted by Crippen LogP contribution is 2.40. The number of carbonyl (C=O) groups excluding carboxylic acids is 2. The average Bonchev–Trinajstić information content (AvgIpc) is 2.75. The summed E-state index contributed by atoms with van der Waals surface area (Å²) in [7, 11) is 0. The minimum atomic E-state index is -1.52. The van der Waals surface area contributed by atoms with Crippen LogP contribution in [0.3, 0.4) is 0 Å². The Morgan fingerprint density at radius 3 is 1.75 bits per heavy atom. The van der Waals surface area contributed by atoms with E-state index in [1.54, 1.807) is 18.2 Å². The number of carbonyl (C=O) groups is 2. The van der Waals surface area contributed by atoms with Crippen LogP contribution in [0.25, 0.3) is 22.3 Å². The van der Waals surface area contributed by atoms with Crippen molar-refractivity contribution in [1.29, 1.82) is 0 Å². The first-order valence-electron chi connectivity index (χ1n) is 10.5. The molecule has 0 aliphatic rings. The quantitative estimate of drug-likeness (QED) is 0.467. The van der Waals surface area contributed by atoms with Gasteiger partial charge >= 0.3 is 0 Å². The third-order valence-corrected chi connectivity index (χ3v) is 5.99. The zero-order valence-corrected chi connectivity index (χ0v) is 19.3. The van der Waals surface area contributed by atoms with Gasteiger partial charge < -0.3 is 19.8 Å². The first-order valence-corrected chi connectivity index (χ1v) is 11.2. The first-order chi connectivity index (χ1) is 15.3. The van der Waals surface area contributed by atoms with Crippen molar-refractivity contribution < 1.29 is 19.8 Å². The van der Waals surface area contributed by atoms with Crippen LogP contribution in [0.1, 0.15) is 58.5 Å². The Labute approximate surface area is 197 Å². The zero-order chi connectivity index (χ0) is 23.4. The van der Waals surface area contributed by atoms with Gasteiger partial charge in [0.2, 0.25) is 0 Å². The van der Waals surface area contributed by atoms with Crippen LogP contribution >= 0.6 is 23.2 Å². The topological polar surface area (TPSA) is 80.3 Å². The Hall–Kier alpha value is -2.82. The molecule has 0 saturated carbocycles. The molecular formula is C26H22Cl2O4-2. The summed E-state index contributed by atoms with van der Waals surface area (Å²) in [6, 6.07) is 13.4. The van der Waals surface area contributed by atoms with Crippen molar-refractivity contribution in [2.24, 2.45) is 0 Å². The van der Waals surface area contributed by atoms with Gasteiger partial charge in [0.15, 0.2) is 0 Å². The maximum absolute atomic E-state index is 12.4. The molecule has 0 amide bonds. The zero-order valence-electron chi connectivity index (χ0n) is 17.8. The van der Waals surface area contributed by atoms with Gasteiger partial charge in [0.25, 0.3) is 0 Å². The molecule has 3 aromatic rings. The molecule has 0 N–H and O–H groups in total. The predicted molar refractivity (Wildman–Crippen MR) is 124 cm³/mol. The van der Waals surface area contributed by atoms with Gasteiger partial charge in [-0.3, -0.25) is 0 Å². The van der Waals surface area contributed by atoms with E-state index < -0.39 is 11.9 Å². The van der Waals surface area contributed by atoms with Crippen LogP contribution in [0.2, 0.25) is 10.0 Å². The summed E-state index contributed by atoms with van der Waals surface area (Å²) in [5.74, 6) is -3.02. The van der Waals surface area contributed by atoms with Crippen LogP contribution in [0, 0.1) is 0 Å². The van der Waals surface area contributed by atoms with E-state index in [0.29, 0.717) is 16.1 Å². The molecule has 0 unspecified atom stereocenters. The monoisotopic (exact) mass is 468 g/mol. The molecule has 32 heavy (non-hydrogen) atoms. The molecule has 6 heteroatoms. The van der Waals surface area contributed by atoms with Crippen molar-refractivity contribution in [3.05, 3.63) is 80.8 Å². The number of hydrogen-bond acceptors (Lipinski definition) is 4. The molecule has 0 aliphatic carbocycles. The van der Waals surface area contributed by atoms with Crippen LogP contribution in [0.4, 0.5) is 0 Å². The Morgan fingerprint density at radius 1 is 0.719 bits per heavy atom. The van der Waals surface area contributed by atoms with Gasteiger partial charge in [-0.15, -0.1) is 0 Å². The van der Waals surface area contributed by atoms with Crippen molar-refractivity contribution in [2.45, 2.75) is 39.5 Å². The number of halogens is 2. The second-order valence-electron chi connectivity index (χ2n) is 7.61. The maximum atomic E-state index is 12.4. The van der Waals surface area contributed by atoms with Gasteiger partial charge in [0.1, 0.15) is 0 Å². The molecule has 0 heterocycles. The van der Waals surface area contributed by atoms with Gasteiger partial charge in [0.05, 0.1) is 11.9 Å². The van der Waals surface area contributed by atoms with Gasteiger partial charge in [0, 0.05) is 37.9 Å². The van der Waals surface area contributed by atoms with Crippen LogP contribution in [0.15, 0.2) is 48.5 Å². The minimum absolute atomic E-state index is 0.0394. The normalized spacial score (nSPS) is 10.9. The fourth-order valence-electron chi connectivity index (χ4n) is 3.92. The van der Waals surface area contributed by atoms with E-state index in [2.05, 4.69) is 0 Å². The number of carboxylic acids is 2. The SMILES string of the molecule is CCCc1ccc(Cl)c(-c2ccc(C(=O)[O-])c(-c3cc(CCC)ccc3Cl)c2C(=O)[O-])c1. The smallest absolute Gasteiger partial charge is 0.0728 e. The Kier molecular flexibility index (Phi) is 7.60. The largest absolute Gasteiger partial charge is 0.545 e. The molecule has 0 spiro atoms. The molecule has 0 fully saturated rings. The van der Waals surface area contributed by atoms with E-state index >= 15 is 0 Å². The molecule has 0 aliphatic heterocycles. The third-order valence-electron chi connectivity index (χ3n) is 5.33. The maximum Gasteiger partial charge on any atom is 0.0728 e. The average molecular weight is 469 g/mol. The van der Waals surface area contributed by atoms with Crippen LogP contribution in [-0.2, 0) is 12.8 Å². The highest BCUT2D eigenvalue weighted by molar-refractivity contribution is 6.35. The van der Waals surface area contributed by atoms with E-state index in [0.717, 1.165) is 36.8 Å². The van der Waals surface area contributed by atoms with Crippen molar-refractivity contribution in [2.75, 3.05) is 0 Å². The second kappa shape index (κ2) is 10.2. The standard InChI is InChI=1S/C26H24Cl2O4/c1-3-5-15-7-11-21(27)19(13-15)17-9-10-18(25(29)30)23(24(17)26(31)32)20-14-16(6-4-2)8-12-22(20)28/h7-14H,3-6H2,1-2H3,(H,29,30)(H,31,32)/p-2. The predicted octanol–water partition coefficient (Wildman–Crippen LogP) is 4.96. The summed E-state index contributed by atoms with van der Waals surface area (Å²) < 4.78 is 0. The minimum Gasteiger partial charge on any atom is -0.545 e. The molecule has 3 rings (SSSR count). The fourth-order valence-corrected chi connectivity index (χ4v) is 4.35. The molecule has 0 atom stereocenters. The molecule has 166 valence electrons. The Bertz CT molecular complexity index is 1180. The number of aromatic carboxylic acids is 2. The number of hydrogen-bond donors (Lipinski definition) is 0. The number of rotatable bonds is 8. The van der Waals surface area contributed by atoms with Gasteiger partial charge in [-0.25, -0.2) is 0 Å². The molecular weight excluding hydrogens is 447 g/mol. The lowest BCUT2D eigenvalue weighted by atomic mass is 9.86. The molecule has 0 radical (unpaired) electrons. The molecule has 0 aromatic heterocycles. The summed E-state index contributed by atoms with van der Waals surface area (Å²) in [5.41, 5.74) is 2.37. The first kappa shape index (κ1) is 23.8. The van der Waals surface area contributed by atoms with E-state index in [9.17, 15) is 19.8 Å². The number of benzene rings is 3. The van der Waals surface area contributed by atoms with E-state index in [1.807, 2.05) is 32.0 Å². The Balaban J connectivity index is 2.41. The lowest BCUT2D eigenvalue weighted by molar-refractivity contribution is -0.255. The van der Waals surface area contributed by atoms with E-state index in [1.165, 1.54) is 12.1 Å². The molecule has 3 aromatic carbocycles. The van der Waals surface area contributed by atoms with Gasteiger partial charge in [-0.1, -0.05) is 74.2 Å². The van der Waals surface area contributed by atoms with E-state index in [4.69, 9.17) is 23.2 Å². The van der Waals surface area contributed by atoms with Gasteiger partial charge in [-0.05, 0) is 53.8 Å². The number of aryl methyl sites for hydroxylation is 2. The van der Waals surface area contributed by atoms with Crippen molar-refractivity contribution in [1.82, 2.24) is 0 Å². The van der Waals surface area contributed by atoms with E-state index in [-0.39, 0.29) is 27.3 Å². The van der Waals surface area contributed by atoms with Crippen LogP contribution in [0.5, 0.6) is 0 Å². The van der Waals surface area contributed by atoms with Gasteiger partial charge in [-0.2, -0.15) is 0 Å². The lowest BCUT2D eigenvalue weighted by Gasteiger charge is -2.22. The van der Waals surface area contributed by atoms with Crippen molar-refractivity contribution in [3.63, 3.8) is 0 Å². The third kappa shape index (κ3) is 4.82. The summed E-state index contributed by atoms with van der Waals surface area (Å²) >= 11 is 12.9. The fraction of sp³-hybridized carbons (Fsp3) is 0.231. The molecule has 0 saturated heterocycles. The highest BCUT2D eigenvalue weighted by Gasteiger charge is 2.21. The van der Waals surface area contributed by atoms with Crippen LogP contribution in [-0.4, -0.2) is 11.9 Å². The Morgan fingerprint density at radius 2 is 1.25 bits per heavy atom. The summed E-state index contributed by atoms with van der Waals surface area (Å²) in [6.45, 7) is 4.05. The molecule has 4 nitrogen and oxygen atoms in total. The summed E-state index contributed by atoms with van der Waals surface area (Å²) in [6.07, 6.45) is 3.29. The highest BCUT2D eigenvalue weighted by atomic mass is 35.5. The lowest BCUT2D eigenvalue weighted by Crippen LogP contribution is -2.28. The summed E-state index contributed by atoms with van der Waals surface area (Å²) in [4.78, 5) is 24.3. The second-order valence-corrected chi connectivity index (χ2v) is 8.43. The van der Waals surface area contributed by atoms with Crippen molar-refractivity contribution in [3.8, 4) is 22.3 Å². The number of carboxylic acid groups (broad SMARTS) is 2. The summed E-state index contributed by atoms with van der Waals surface area (Å²) in [5, 5.41) is 24.9.